The predicted octanol–water partition coefficient (Wildman–Crippen LogP) is 3.66. The molecular weight excluding hydrogens is 512 g/mol. The van der Waals surface area contributed by atoms with Crippen LogP contribution >= 0.6 is 11.6 Å². The van der Waals surface area contributed by atoms with Crippen molar-refractivity contribution in [3.8, 4) is 0 Å². The van der Waals surface area contributed by atoms with Crippen molar-refractivity contribution in [1.82, 2.24) is 10.0 Å². The Kier molecular flexibility index (Phi) is 9.00. The molecule has 7 nitrogen and oxygen atoms in total. The number of hydrogen-bond donors (Lipinski definition) is 3. The zero-order chi connectivity index (χ0) is 26.4. The van der Waals surface area contributed by atoms with Crippen LogP contribution in [0.2, 0.25) is 5.02 Å². The molecule has 9 heteroatoms. The van der Waals surface area contributed by atoms with Crippen molar-refractivity contribution < 1.29 is 23.1 Å². The van der Waals surface area contributed by atoms with Crippen molar-refractivity contribution in [3.05, 3.63) is 101 Å². The Hall–Kier alpha value is -2.75. The minimum Gasteiger partial charge on any atom is -0.392 e. The highest BCUT2D eigenvalue weighted by Gasteiger charge is 2.35. The summed E-state index contributed by atoms with van der Waals surface area (Å²) in [6.45, 7) is -0.226. The molecule has 0 saturated carbocycles. The molecule has 3 aromatic rings. The number of fused-ring (bicyclic) bond motifs is 1. The molecule has 0 heterocycles. The molecule has 0 fully saturated rings. The molecule has 3 N–H and O–H groups in total. The summed E-state index contributed by atoms with van der Waals surface area (Å²) < 4.78 is 33.3. The molecule has 0 unspecified atom stereocenters. The summed E-state index contributed by atoms with van der Waals surface area (Å²) in [6, 6.07) is 23.0. The summed E-state index contributed by atoms with van der Waals surface area (Å²) in [7, 11) is -2.20. The molecule has 0 spiro atoms. The van der Waals surface area contributed by atoms with Gasteiger partial charge in [-0.05, 0) is 53.8 Å². The molecular formula is C28H31ClN2O5S. The average Bonchev–Trinajstić information content (AvgIpc) is 3.25. The van der Waals surface area contributed by atoms with Crippen LogP contribution in [0.5, 0.6) is 0 Å². The number of sulfonamides is 1. The number of ether oxygens (including phenoxy) is 1. The van der Waals surface area contributed by atoms with E-state index < -0.39 is 22.0 Å². The first-order chi connectivity index (χ1) is 17.8. The average molecular weight is 543 g/mol. The van der Waals surface area contributed by atoms with Gasteiger partial charge in [0, 0.05) is 31.0 Å². The van der Waals surface area contributed by atoms with Gasteiger partial charge in [-0.15, -0.1) is 0 Å². The summed E-state index contributed by atoms with van der Waals surface area (Å²) in [5, 5.41) is 14.3. The second kappa shape index (κ2) is 12.2. The third kappa shape index (κ3) is 6.97. The van der Waals surface area contributed by atoms with Crippen molar-refractivity contribution in [3.63, 3.8) is 0 Å². The Morgan fingerprint density at radius 3 is 2.43 bits per heavy atom. The van der Waals surface area contributed by atoms with Gasteiger partial charge in [0.1, 0.15) is 0 Å². The Bertz CT molecular complexity index is 1300. The Morgan fingerprint density at radius 1 is 1.05 bits per heavy atom. The van der Waals surface area contributed by atoms with Gasteiger partial charge in [0.15, 0.2) is 0 Å². The van der Waals surface area contributed by atoms with E-state index >= 15 is 0 Å². The van der Waals surface area contributed by atoms with E-state index in [1.807, 2.05) is 54.6 Å². The highest BCUT2D eigenvalue weighted by Crippen LogP contribution is 2.33. The van der Waals surface area contributed by atoms with Crippen molar-refractivity contribution >= 4 is 27.5 Å². The van der Waals surface area contributed by atoms with E-state index in [4.69, 9.17) is 16.3 Å². The van der Waals surface area contributed by atoms with Crippen LogP contribution in [0.25, 0.3) is 0 Å². The molecule has 3 aromatic carbocycles. The minimum atomic E-state index is -3.84. The predicted molar refractivity (Wildman–Crippen MR) is 143 cm³/mol. The summed E-state index contributed by atoms with van der Waals surface area (Å²) in [5.41, 5.74) is 3.11. The fraction of sp³-hybridized carbons (Fsp3) is 0.321. The smallest absolute Gasteiger partial charge is 0.240 e. The third-order valence-corrected chi connectivity index (χ3v) is 8.36. The topological polar surface area (TPSA) is 105 Å². The Labute approximate surface area is 222 Å². The SMILES string of the molecule is CO[C@H]1Cc2ccccc2[C@@H]1NC(=O)[C@H](Cc1ccccc1)C[C@H](O)CNS(=O)(=O)c1ccc(Cl)cc1. The van der Waals surface area contributed by atoms with E-state index in [9.17, 15) is 18.3 Å². The maximum atomic E-state index is 13.5. The van der Waals surface area contributed by atoms with E-state index in [0.717, 1.165) is 16.7 Å². The fourth-order valence-corrected chi connectivity index (χ4v) is 5.91. The zero-order valence-corrected chi connectivity index (χ0v) is 22.1. The molecule has 1 aliphatic rings. The van der Waals surface area contributed by atoms with Gasteiger partial charge in [0.25, 0.3) is 0 Å². The van der Waals surface area contributed by atoms with Crippen molar-refractivity contribution in [1.29, 1.82) is 0 Å². The van der Waals surface area contributed by atoms with Gasteiger partial charge in [-0.3, -0.25) is 4.79 Å². The lowest BCUT2D eigenvalue weighted by Crippen LogP contribution is -2.41. The van der Waals surface area contributed by atoms with Crippen LogP contribution in [-0.4, -0.2) is 45.3 Å². The molecule has 37 heavy (non-hydrogen) atoms. The van der Waals surface area contributed by atoms with E-state index in [2.05, 4.69) is 10.0 Å². The van der Waals surface area contributed by atoms with Crippen molar-refractivity contribution in [2.45, 2.75) is 42.4 Å². The number of carbonyl (C=O) groups excluding carboxylic acids is 1. The number of halogens is 1. The molecule has 196 valence electrons. The van der Waals surface area contributed by atoms with Crippen LogP contribution in [-0.2, 0) is 32.4 Å². The van der Waals surface area contributed by atoms with E-state index in [0.29, 0.717) is 17.9 Å². The second-order valence-corrected chi connectivity index (χ2v) is 11.4. The first-order valence-electron chi connectivity index (χ1n) is 12.1. The number of aliphatic hydroxyl groups is 1. The van der Waals surface area contributed by atoms with Gasteiger partial charge >= 0.3 is 0 Å². The van der Waals surface area contributed by atoms with Gasteiger partial charge in [-0.2, -0.15) is 0 Å². The lowest BCUT2D eigenvalue weighted by molar-refractivity contribution is -0.127. The lowest BCUT2D eigenvalue weighted by atomic mass is 9.92. The van der Waals surface area contributed by atoms with Crippen LogP contribution in [0.15, 0.2) is 83.8 Å². The summed E-state index contributed by atoms with van der Waals surface area (Å²) in [4.78, 5) is 13.6. The number of methoxy groups -OCH3 is 1. The maximum Gasteiger partial charge on any atom is 0.240 e. The Morgan fingerprint density at radius 2 is 1.73 bits per heavy atom. The van der Waals surface area contributed by atoms with E-state index in [1.165, 1.54) is 24.3 Å². The lowest BCUT2D eigenvalue weighted by Gasteiger charge is -2.25. The van der Waals surface area contributed by atoms with Crippen LogP contribution < -0.4 is 10.0 Å². The molecule has 4 atom stereocenters. The molecule has 4 rings (SSSR count). The summed E-state index contributed by atoms with van der Waals surface area (Å²) in [6.07, 6.45) is -0.0727. The molecule has 0 saturated heterocycles. The van der Waals surface area contributed by atoms with Gasteiger partial charge in [0.05, 0.1) is 23.1 Å². The monoisotopic (exact) mass is 542 g/mol. The summed E-state index contributed by atoms with van der Waals surface area (Å²) >= 11 is 5.85. The second-order valence-electron chi connectivity index (χ2n) is 9.25. The number of hydrogen-bond acceptors (Lipinski definition) is 5. The van der Waals surface area contributed by atoms with Gasteiger partial charge in [-0.25, -0.2) is 13.1 Å². The van der Waals surface area contributed by atoms with E-state index in [-0.39, 0.29) is 35.9 Å². The third-order valence-electron chi connectivity index (χ3n) is 6.67. The first kappa shape index (κ1) is 27.3. The number of nitrogens with one attached hydrogen (secondary N) is 2. The standard InChI is InChI=1S/C28H31ClN2O5S/c1-36-26-17-20-9-5-6-10-25(20)27(26)31-28(33)21(15-19-7-3-2-4-8-19)16-23(32)18-30-37(34,35)24-13-11-22(29)12-14-24/h2-14,21,23,26-27,30,32H,15-18H2,1H3,(H,31,33)/t21-,23+,26+,27+/m1/s1. The highest BCUT2D eigenvalue weighted by atomic mass is 35.5. The van der Waals surface area contributed by atoms with Crippen LogP contribution in [0, 0.1) is 5.92 Å². The van der Waals surface area contributed by atoms with Crippen molar-refractivity contribution in [2.75, 3.05) is 13.7 Å². The van der Waals surface area contributed by atoms with Gasteiger partial charge < -0.3 is 15.2 Å². The molecule has 0 aliphatic heterocycles. The van der Waals surface area contributed by atoms with E-state index in [1.54, 1.807) is 7.11 Å². The maximum absolute atomic E-state index is 13.5. The number of amides is 1. The quantitative estimate of drug-likeness (QED) is 0.343. The number of aliphatic hydroxyl groups excluding tert-OH is 1. The van der Waals surface area contributed by atoms with Crippen molar-refractivity contribution in [2.24, 2.45) is 5.92 Å². The number of carbonyl (C=O) groups is 1. The van der Waals surface area contributed by atoms with Crippen LogP contribution in [0.3, 0.4) is 0 Å². The molecule has 1 aliphatic carbocycles. The largest absolute Gasteiger partial charge is 0.392 e. The number of benzene rings is 3. The molecule has 0 aromatic heterocycles. The molecule has 0 bridgehead atoms. The molecule has 0 radical (unpaired) electrons. The fourth-order valence-electron chi connectivity index (χ4n) is 4.72. The normalized spacial score (nSPS) is 18.7. The van der Waals surface area contributed by atoms with Crippen LogP contribution in [0.1, 0.15) is 29.2 Å². The number of rotatable bonds is 11. The highest BCUT2D eigenvalue weighted by molar-refractivity contribution is 7.89. The first-order valence-corrected chi connectivity index (χ1v) is 14.0. The molecule has 1 amide bonds. The summed E-state index contributed by atoms with van der Waals surface area (Å²) in [5.74, 6) is -0.796. The van der Waals surface area contributed by atoms with Gasteiger partial charge in [-0.1, -0.05) is 66.2 Å². The zero-order valence-electron chi connectivity index (χ0n) is 20.5. The van der Waals surface area contributed by atoms with Gasteiger partial charge in [0.2, 0.25) is 15.9 Å². The Balaban J connectivity index is 1.46. The van der Waals surface area contributed by atoms with Crippen LogP contribution in [0.4, 0.5) is 0 Å². The minimum absolute atomic E-state index is 0.0492.